The van der Waals surface area contributed by atoms with Crippen molar-refractivity contribution in [1.82, 2.24) is 4.98 Å². The Balaban J connectivity index is 2.84. The number of aryl methyl sites for hydroxylation is 1. The molecule has 0 amide bonds. The van der Waals surface area contributed by atoms with Crippen LogP contribution in [0.25, 0.3) is 10.9 Å². The Labute approximate surface area is 95.6 Å². The van der Waals surface area contributed by atoms with E-state index in [0.717, 1.165) is 22.2 Å². The van der Waals surface area contributed by atoms with Crippen molar-refractivity contribution in [2.45, 2.75) is 26.2 Å². The standard InChI is InChI=1S/C14H14N2/c1-10-8-12(14(2,3)9-15)11-6-4-5-7-13(11)16-10/h4-8H,1-3H3. The SMILES string of the molecule is Cc1cc(C(C)(C)C#N)c2ccccc2n1. The van der Waals surface area contributed by atoms with Crippen LogP contribution in [0.5, 0.6) is 0 Å². The summed E-state index contributed by atoms with van der Waals surface area (Å²) in [6.45, 7) is 5.84. The Morgan fingerprint density at radius 1 is 1.25 bits per heavy atom. The molecule has 0 radical (unpaired) electrons. The minimum Gasteiger partial charge on any atom is -0.253 e. The summed E-state index contributed by atoms with van der Waals surface area (Å²) in [5, 5.41) is 10.3. The van der Waals surface area contributed by atoms with Crippen molar-refractivity contribution in [2.24, 2.45) is 0 Å². The Bertz CT molecular complexity index is 577. The third-order valence-corrected chi connectivity index (χ3v) is 2.80. The predicted octanol–water partition coefficient (Wildman–Crippen LogP) is 3.34. The lowest BCUT2D eigenvalue weighted by Gasteiger charge is -2.18. The second-order valence-corrected chi connectivity index (χ2v) is 4.57. The molecule has 2 rings (SSSR count). The van der Waals surface area contributed by atoms with E-state index in [9.17, 15) is 5.26 Å². The summed E-state index contributed by atoms with van der Waals surface area (Å²) in [5.41, 5.74) is 2.49. The second kappa shape index (κ2) is 3.61. The van der Waals surface area contributed by atoms with E-state index in [1.807, 2.05) is 51.1 Å². The van der Waals surface area contributed by atoms with Crippen molar-refractivity contribution in [3.63, 3.8) is 0 Å². The molecule has 0 aliphatic heterocycles. The average Bonchev–Trinajstić information content (AvgIpc) is 2.28. The summed E-state index contributed by atoms with van der Waals surface area (Å²) in [7, 11) is 0. The van der Waals surface area contributed by atoms with Gasteiger partial charge in [-0.25, -0.2) is 0 Å². The van der Waals surface area contributed by atoms with Gasteiger partial charge in [0.2, 0.25) is 0 Å². The highest BCUT2D eigenvalue weighted by Gasteiger charge is 2.22. The van der Waals surface area contributed by atoms with Crippen molar-refractivity contribution in [3.8, 4) is 6.07 Å². The molecule has 0 spiro atoms. The average molecular weight is 210 g/mol. The molecule has 1 aromatic heterocycles. The normalized spacial score (nSPS) is 11.4. The number of nitrogens with zero attached hydrogens (tertiary/aromatic N) is 2. The lowest BCUT2D eigenvalue weighted by Crippen LogP contribution is -2.15. The zero-order chi connectivity index (χ0) is 11.8. The fourth-order valence-electron chi connectivity index (χ4n) is 1.89. The first kappa shape index (κ1) is 10.6. The molecular weight excluding hydrogens is 196 g/mol. The van der Waals surface area contributed by atoms with E-state index in [-0.39, 0.29) is 0 Å². The van der Waals surface area contributed by atoms with Gasteiger partial charge < -0.3 is 0 Å². The summed E-state index contributed by atoms with van der Waals surface area (Å²) >= 11 is 0. The predicted molar refractivity (Wildman–Crippen MR) is 65.1 cm³/mol. The smallest absolute Gasteiger partial charge is 0.0773 e. The van der Waals surface area contributed by atoms with Crippen LogP contribution in [0.3, 0.4) is 0 Å². The van der Waals surface area contributed by atoms with Crippen molar-refractivity contribution in [3.05, 3.63) is 41.6 Å². The first-order valence-corrected chi connectivity index (χ1v) is 5.33. The van der Waals surface area contributed by atoms with Gasteiger partial charge in [-0.2, -0.15) is 5.26 Å². The van der Waals surface area contributed by atoms with E-state index in [1.54, 1.807) is 0 Å². The maximum Gasteiger partial charge on any atom is 0.0773 e. The van der Waals surface area contributed by atoms with E-state index in [0.29, 0.717) is 0 Å². The molecule has 0 unspecified atom stereocenters. The topological polar surface area (TPSA) is 36.7 Å². The molecule has 2 heteroatoms. The Morgan fingerprint density at radius 2 is 1.94 bits per heavy atom. The number of hydrogen-bond acceptors (Lipinski definition) is 2. The number of rotatable bonds is 1. The molecule has 16 heavy (non-hydrogen) atoms. The Hall–Kier alpha value is -1.88. The van der Waals surface area contributed by atoms with Gasteiger partial charge in [0, 0.05) is 11.1 Å². The molecule has 2 aromatic rings. The minimum atomic E-state index is -0.479. The van der Waals surface area contributed by atoms with Gasteiger partial charge in [-0.3, -0.25) is 4.98 Å². The maximum absolute atomic E-state index is 9.23. The van der Waals surface area contributed by atoms with Crippen LogP contribution in [0.2, 0.25) is 0 Å². The molecule has 0 atom stereocenters. The summed E-state index contributed by atoms with van der Waals surface area (Å²) in [6, 6.07) is 12.3. The number of aromatic nitrogens is 1. The lowest BCUT2D eigenvalue weighted by atomic mass is 9.84. The molecule has 0 aliphatic carbocycles. The van der Waals surface area contributed by atoms with Crippen molar-refractivity contribution in [1.29, 1.82) is 5.26 Å². The number of para-hydroxylation sites is 1. The third kappa shape index (κ3) is 1.65. The Morgan fingerprint density at radius 3 is 2.62 bits per heavy atom. The molecule has 0 N–H and O–H groups in total. The lowest BCUT2D eigenvalue weighted by molar-refractivity contribution is 0.692. The number of benzene rings is 1. The van der Waals surface area contributed by atoms with Gasteiger partial charge in [0.15, 0.2) is 0 Å². The number of pyridine rings is 1. The van der Waals surface area contributed by atoms with Crippen molar-refractivity contribution in [2.75, 3.05) is 0 Å². The highest BCUT2D eigenvalue weighted by atomic mass is 14.7. The van der Waals surface area contributed by atoms with Crippen LogP contribution in [0.4, 0.5) is 0 Å². The Kier molecular flexibility index (Phi) is 2.40. The minimum absolute atomic E-state index is 0.479. The van der Waals surface area contributed by atoms with E-state index in [4.69, 9.17) is 0 Å². The largest absolute Gasteiger partial charge is 0.253 e. The molecule has 0 aliphatic rings. The zero-order valence-corrected chi connectivity index (χ0v) is 9.78. The van der Waals surface area contributed by atoms with Gasteiger partial charge in [-0.05, 0) is 38.5 Å². The van der Waals surface area contributed by atoms with Crippen LogP contribution in [0.1, 0.15) is 25.1 Å². The molecule has 1 aromatic carbocycles. The summed E-state index contributed by atoms with van der Waals surface area (Å²) in [6.07, 6.45) is 0. The maximum atomic E-state index is 9.23. The van der Waals surface area contributed by atoms with E-state index in [1.165, 1.54) is 0 Å². The van der Waals surface area contributed by atoms with Crippen LogP contribution >= 0.6 is 0 Å². The molecule has 0 fully saturated rings. The number of nitriles is 1. The monoisotopic (exact) mass is 210 g/mol. The molecule has 2 nitrogen and oxygen atoms in total. The van der Waals surface area contributed by atoms with Gasteiger partial charge >= 0.3 is 0 Å². The van der Waals surface area contributed by atoms with Gasteiger partial charge in [0.05, 0.1) is 17.0 Å². The van der Waals surface area contributed by atoms with Crippen LogP contribution in [0.15, 0.2) is 30.3 Å². The van der Waals surface area contributed by atoms with Gasteiger partial charge in [-0.15, -0.1) is 0 Å². The van der Waals surface area contributed by atoms with Crippen LogP contribution < -0.4 is 0 Å². The van der Waals surface area contributed by atoms with E-state index in [2.05, 4.69) is 11.1 Å². The molecule has 0 saturated carbocycles. The fourth-order valence-corrected chi connectivity index (χ4v) is 1.89. The highest BCUT2D eigenvalue weighted by Crippen LogP contribution is 2.29. The zero-order valence-electron chi connectivity index (χ0n) is 9.78. The van der Waals surface area contributed by atoms with Crippen LogP contribution in [-0.2, 0) is 5.41 Å². The first-order chi connectivity index (χ1) is 7.54. The number of fused-ring (bicyclic) bond motifs is 1. The van der Waals surface area contributed by atoms with E-state index < -0.39 is 5.41 Å². The van der Waals surface area contributed by atoms with E-state index >= 15 is 0 Å². The van der Waals surface area contributed by atoms with Gasteiger partial charge in [0.1, 0.15) is 0 Å². The van der Waals surface area contributed by atoms with Gasteiger partial charge in [-0.1, -0.05) is 18.2 Å². The van der Waals surface area contributed by atoms with Crippen molar-refractivity contribution < 1.29 is 0 Å². The summed E-state index contributed by atoms with van der Waals surface area (Å²) < 4.78 is 0. The highest BCUT2D eigenvalue weighted by molar-refractivity contribution is 5.83. The van der Waals surface area contributed by atoms with Crippen molar-refractivity contribution >= 4 is 10.9 Å². The molecule has 80 valence electrons. The van der Waals surface area contributed by atoms with Crippen LogP contribution in [0, 0.1) is 18.3 Å². The number of hydrogen-bond donors (Lipinski definition) is 0. The second-order valence-electron chi connectivity index (χ2n) is 4.57. The fraction of sp³-hybridized carbons (Fsp3) is 0.286. The molecule has 0 saturated heterocycles. The third-order valence-electron chi connectivity index (χ3n) is 2.80. The molecular formula is C14H14N2. The first-order valence-electron chi connectivity index (χ1n) is 5.33. The van der Waals surface area contributed by atoms with Crippen LogP contribution in [-0.4, -0.2) is 4.98 Å². The van der Waals surface area contributed by atoms with Gasteiger partial charge in [0.25, 0.3) is 0 Å². The quantitative estimate of drug-likeness (QED) is 0.723. The molecule has 1 heterocycles. The summed E-state index contributed by atoms with van der Waals surface area (Å²) in [5.74, 6) is 0. The molecule has 0 bridgehead atoms. The summed E-state index contributed by atoms with van der Waals surface area (Å²) in [4.78, 5) is 4.47.